The summed E-state index contributed by atoms with van der Waals surface area (Å²) in [7, 11) is 0. The molecule has 2 N–H and O–H groups in total. The number of piperidine rings is 1. The second kappa shape index (κ2) is 8.31. The molecule has 0 aliphatic carbocycles. The number of ether oxygens (including phenoxy) is 1. The van der Waals surface area contributed by atoms with Gasteiger partial charge in [-0.1, -0.05) is 0 Å². The lowest BCUT2D eigenvalue weighted by Gasteiger charge is -2.33. The summed E-state index contributed by atoms with van der Waals surface area (Å²) in [6.45, 7) is 4.85. The van der Waals surface area contributed by atoms with Crippen molar-refractivity contribution in [2.45, 2.75) is 44.7 Å². The maximum Gasteiger partial charge on any atom is 0.490 e. The minimum atomic E-state index is -5.08. The van der Waals surface area contributed by atoms with E-state index in [0.29, 0.717) is 5.92 Å². The van der Waals surface area contributed by atoms with Crippen molar-refractivity contribution in [1.29, 1.82) is 0 Å². The fourth-order valence-electron chi connectivity index (χ4n) is 3.43. The number of fused-ring (bicyclic) bond motifs is 1. The van der Waals surface area contributed by atoms with Gasteiger partial charge in [-0.05, 0) is 44.4 Å². The van der Waals surface area contributed by atoms with Gasteiger partial charge in [0.25, 0.3) is 0 Å². The number of hydrogen-bond donors (Lipinski definition) is 2. The van der Waals surface area contributed by atoms with Gasteiger partial charge in [0.1, 0.15) is 17.7 Å². The van der Waals surface area contributed by atoms with Gasteiger partial charge in [-0.25, -0.2) is 9.78 Å². The molecule has 0 unspecified atom stereocenters. The third kappa shape index (κ3) is 5.10. The summed E-state index contributed by atoms with van der Waals surface area (Å²) < 4.78 is 43.4. The van der Waals surface area contributed by atoms with E-state index >= 15 is 0 Å². The number of halogens is 3. The number of carboxylic acid groups (broad SMARTS) is 1. The molecule has 8 nitrogen and oxygen atoms in total. The number of likely N-dealkylation sites (tertiary alicyclic amines) is 1. The van der Waals surface area contributed by atoms with E-state index in [0.717, 1.165) is 43.5 Å². The van der Waals surface area contributed by atoms with Crippen molar-refractivity contribution in [2.75, 3.05) is 13.1 Å². The summed E-state index contributed by atoms with van der Waals surface area (Å²) in [5.74, 6) is 0.546. The molecule has 4 heterocycles. The minimum absolute atomic E-state index is 0.0495. The third-order valence-electron chi connectivity index (χ3n) is 4.74. The number of aromatic amines is 1. The first kappa shape index (κ1) is 20.3. The van der Waals surface area contributed by atoms with Gasteiger partial charge in [0.05, 0.1) is 18.9 Å². The van der Waals surface area contributed by atoms with Crippen LogP contribution in [0.2, 0.25) is 0 Å². The molecule has 0 spiro atoms. The number of rotatable bonds is 3. The molecule has 2 fully saturated rings. The number of nitrogens with zero attached hydrogens (tertiary/aromatic N) is 3. The summed E-state index contributed by atoms with van der Waals surface area (Å²) in [5, 5.41) is 14.3. The number of nitrogens with one attached hydrogen (secondary N) is 1. The van der Waals surface area contributed by atoms with E-state index in [1.807, 2.05) is 19.1 Å². The molecule has 0 bridgehead atoms. The number of aromatic nitrogens is 3. The summed E-state index contributed by atoms with van der Waals surface area (Å²) >= 11 is 0. The Labute approximate surface area is 158 Å². The fourth-order valence-corrected chi connectivity index (χ4v) is 3.43. The second-order valence-electron chi connectivity index (χ2n) is 6.84. The maximum atomic E-state index is 10.6. The minimum Gasteiger partial charge on any atom is -0.475 e. The smallest absolute Gasteiger partial charge is 0.475 e. The molecule has 2 aliphatic heterocycles. The quantitative estimate of drug-likeness (QED) is 0.813. The first-order valence-corrected chi connectivity index (χ1v) is 8.81. The van der Waals surface area contributed by atoms with Gasteiger partial charge in [-0.3, -0.25) is 10.00 Å². The Hall–Kier alpha value is -2.40. The highest BCUT2D eigenvalue weighted by molar-refractivity contribution is 5.73. The van der Waals surface area contributed by atoms with Crippen LogP contribution < -0.4 is 0 Å². The van der Waals surface area contributed by atoms with Gasteiger partial charge in [0, 0.05) is 6.54 Å². The summed E-state index contributed by atoms with van der Waals surface area (Å²) in [5.41, 5.74) is 0. The number of aryl methyl sites for hydroxylation is 1. The number of alkyl halides is 3. The lowest BCUT2D eigenvalue weighted by atomic mass is 9.91. The Kier molecular flexibility index (Phi) is 6.04. The zero-order valence-corrected chi connectivity index (χ0v) is 15.1. The van der Waals surface area contributed by atoms with Crippen LogP contribution in [0.15, 0.2) is 22.8 Å². The highest BCUT2D eigenvalue weighted by atomic mass is 19.4. The Balaban J connectivity index is 0.000000279. The van der Waals surface area contributed by atoms with Crippen molar-refractivity contribution in [1.82, 2.24) is 20.1 Å². The number of hydrogen-bond acceptors (Lipinski definition) is 6. The first-order chi connectivity index (χ1) is 13.2. The summed E-state index contributed by atoms with van der Waals surface area (Å²) in [6.07, 6.45) is -0.802. The van der Waals surface area contributed by atoms with Gasteiger partial charge in [0.2, 0.25) is 0 Å². The molecule has 11 heteroatoms. The molecular weight excluding hydrogens is 381 g/mol. The molecule has 154 valence electrons. The topological polar surface area (TPSA) is 104 Å². The average Bonchev–Trinajstić information content (AvgIpc) is 3.34. The Morgan fingerprint density at radius 3 is 2.79 bits per heavy atom. The number of carboxylic acids is 1. The highest BCUT2D eigenvalue weighted by Gasteiger charge is 2.41. The van der Waals surface area contributed by atoms with Gasteiger partial charge in [-0.15, -0.1) is 0 Å². The lowest BCUT2D eigenvalue weighted by Crippen LogP contribution is -2.41. The van der Waals surface area contributed by atoms with Crippen LogP contribution in [0.5, 0.6) is 0 Å². The molecular formula is C17H21F3N4O4. The first-order valence-electron chi connectivity index (χ1n) is 8.81. The van der Waals surface area contributed by atoms with Gasteiger partial charge in [-0.2, -0.15) is 18.3 Å². The van der Waals surface area contributed by atoms with Gasteiger partial charge in [0.15, 0.2) is 5.82 Å². The second-order valence-corrected chi connectivity index (χ2v) is 6.84. The van der Waals surface area contributed by atoms with Crippen LogP contribution in [-0.2, 0) is 16.1 Å². The van der Waals surface area contributed by atoms with E-state index in [9.17, 15) is 13.2 Å². The molecule has 4 rings (SSSR count). The molecule has 0 aromatic carbocycles. The van der Waals surface area contributed by atoms with Crippen LogP contribution in [0.3, 0.4) is 0 Å². The van der Waals surface area contributed by atoms with E-state index in [-0.39, 0.29) is 12.2 Å². The Morgan fingerprint density at radius 1 is 1.46 bits per heavy atom. The lowest BCUT2D eigenvalue weighted by molar-refractivity contribution is -0.192. The Morgan fingerprint density at radius 2 is 2.21 bits per heavy atom. The molecule has 3 atom stereocenters. The SMILES string of the molecule is Cc1nc([C@H]2C[C@@H]3CCN(Cc4ccco4)C[C@H]3O2)n[nH]1.O=C(O)C(F)(F)F. The van der Waals surface area contributed by atoms with Crippen LogP contribution in [0.1, 0.15) is 36.4 Å². The van der Waals surface area contributed by atoms with E-state index in [4.69, 9.17) is 19.1 Å². The summed E-state index contributed by atoms with van der Waals surface area (Å²) in [4.78, 5) is 15.7. The van der Waals surface area contributed by atoms with Gasteiger partial charge < -0.3 is 14.3 Å². The molecule has 2 aromatic rings. The summed E-state index contributed by atoms with van der Waals surface area (Å²) in [6, 6.07) is 3.97. The zero-order chi connectivity index (χ0) is 20.3. The number of furan rings is 1. The van der Waals surface area contributed by atoms with Crippen molar-refractivity contribution in [3.8, 4) is 0 Å². The molecule has 0 saturated carbocycles. The average molecular weight is 402 g/mol. The van der Waals surface area contributed by atoms with Gasteiger partial charge >= 0.3 is 12.1 Å². The normalized spacial score (nSPS) is 25.1. The monoisotopic (exact) mass is 402 g/mol. The predicted molar refractivity (Wildman–Crippen MR) is 89.1 cm³/mol. The third-order valence-corrected chi connectivity index (χ3v) is 4.74. The molecule has 0 amide bonds. The fraction of sp³-hybridized carbons (Fsp3) is 0.588. The van der Waals surface area contributed by atoms with Crippen LogP contribution in [0, 0.1) is 12.8 Å². The molecule has 2 aliphatic rings. The number of aliphatic carboxylic acids is 1. The van der Waals surface area contributed by atoms with Crippen molar-refractivity contribution in [3.05, 3.63) is 35.8 Å². The van der Waals surface area contributed by atoms with Crippen molar-refractivity contribution in [2.24, 2.45) is 5.92 Å². The van der Waals surface area contributed by atoms with Crippen LogP contribution in [0.25, 0.3) is 0 Å². The van der Waals surface area contributed by atoms with E-state index < -0.39 is 12.1 Å². The van der Waals surface area contributed by atoms with Crippen molar-refractivity contribution < 1.29 is 32.2 Å². The van der Waals surface area contributed by atoms with Crippen molar-refractivity contribution >= 4 is 5.97 Å². The van der Waals surface area contributed by atoms with E-state index in [1.54, 1.807) is 6.26 Å². The van der Waals surface area contributed by atoms with E-state index in [2.05, 4.69) is 20.1 Å². The standard InChI is InChI=1S/C15H20N4O2.C2HF3O2/c1-10-16-15(18-17-10)13-7-11-4-5-19(9-14(11)21-13)8-12-3-2-6-20-12;3-2(4,5)1(6)7/h2-3,6,11,13-14H,4-5,7-9H2,1H3,(H,16,17,18);(H,6,7)/t11-,13+,14+;/m0./s1. The molecule has 28 heavy (non-hydrogen) atoms. The van der Waals surface area contributed by atoms with E-state index in [1.165, 1.54) is 6.42 Å². The van der Waals surface area contributed by atoms with Crippen molar-refractivity contribution in [3.63, 3.8) is 0 Å². The largest absolute Gasteiger partial charge is 0.490 e. The molecule has 2 saturated heterocycles. The Bertz CT molecular complexity index is 778. The molecule has 0 radical (unpaired) electrons. The number of carbonyl (C=O) groups is 1. The predicted octanol–water partition coefficient (Wildman–Crippen LogP) is 2.69. The molecule has 2 aromatic heterocycles. The van der Waals surface area contributed by atoms with Crippen LogP contribution in [-0.4, -0.2) is 56.5 Å². The van der Waals surface area contributed by atoms with Crippen LogP contribution in [0.4, 0.5) is 13.2 Å². The highest BCUT2D eigenvalue weighted by Crippen LogP contribution is 2.40. The maximum absolute atomic E-state index is 10.6. The van der Waals surface area contributed by atoms with Crippen LogP contribution >= 0.6 is 0 Å². The number of H-pyrrole nitrogens is 1. The zero-order valence-electron chi connectivity index (χ0n) is 15.1.